The Morgan fingerprint density at radius 1 is 1.38 bits per heavy atom. The number of hydrogen-bond donors (Lipinski definition) is 2. The van der Waals surface area contributed by atoms with Gasteiger partial charge < -0.3 is 15.1 Å². The van der Waals surface area contributed by atoms with Crippen LogP contribution in [0.4, 0.5) is 4.79 Å². The molecule has 1 rings (SSSR count). The van der Waals surface area contributed by atoms with E-state index < -0.39 is 6.09 Å². The third-order valence-corrected chi connectivity index (χ3v) is 3.54. The molecule has 0 atom stereocenters. The first-order valence-corrected chi connectivity index (χ1v) is 6.03. The van der Waals surface area contributed by atoms with E-state index in [1.807, 2.05) is 0 Å². The highest BCUT2D eigenvalue weighted by Crippen LogP contribution is 2.28. The molecule has 0 aromatic carbocycles. The summed E-state index contributed by atoms with van der Waals surface area (Å²) in [4.78, 5) is 12.2. The number of nitrogens with zero attached hydrogens (tertiary/aromatic N) is 1. The maximum Gasteiger partial charge on any atom is 0.407 e. The van der Waals surface area contributed by atoms with Gasteiger partial charge in [0.2, 0.25) is 0 Å². The Kier molecular flexibility index (Phi) is 4.59. The number of amides is 1. The molecule has 2 N–H and O–H groups in total. The molecule has 0 aromatic rings. The van der Waals surface area contributed by atoms with Gasteiger partial charge in [-0.3, -0.25) is 0 Å². The quantitative estimate of drug-likeness (QED) is 0.776. The maximum absolute atomic E-state index is 10.7. The second kappa shape index (κ2) is 5.53. The van der Waals surface area contributed by atoms with Gasteiger partial charge in [0.05, 0.1) is 0 Å². The van der Waals surface area contributed by atoms with E-state index in [4.69, 9.17) is 10.2 Å². The highest BCUT2D eigenvalue weighted by atomic mass is 16.4. The van der Waals surface area contributed by atoms with Crippen molar-refractivity contribution in [3.05, 3.63) is 0 Å². The fourth-order valence-corrected chi connectivity index (χ4v) is 2.09. The summed E-state index contributed by atoms with van der Waals surface area (Å²) >= 11 is 0. The van der Waals surface area contributed by atoms with Crippen molar-refractivity contribution in [1.29, 1.82) is 0 Å². The SMILES string of the molecule is CC(C)(CO)CCC1CCN(C(=O)O)CC1. The minimum absolute atomic E-state index is 0.00390. The molecule has 0 aromatic heterocycles. The van der Waals surface area contributed by atoms with Crippen LogP contribution < -0.4 is 0 Å². The molecule has 94 valence electrons. The Morgan fingerprint density at radius 2 is 1.94 bits per heavy atom. The molecule has 1 aliphatic heterocycles. The Hall–Kier alpha value is -0.770. The number of likely N-dealkylation sites (tertiary alicyclic amines) is 1. The minimum Gasteiger partial charge on any atom is -0.465 e. The Labute approximate surface area is 97.3 Å². The van der Waals surface area contributed by atoms with Crippen molar-refractivity contribution in [2.45, 2.75) is 39.5 Å². The fourth-order valence-electron chi connectivity index (χ4n) is 2.09. The average molecular weight is 229 g/mol. The number of aliphatic hydroxyl groups excluding tert-OH is 1. The zero-order valence-corrected chi connectivity index (χ0v) is 10.3. The molecule has 0 unspecified atom stereocenters. The highest BCUT2D eigenvalue weighted by Gasteiger charge is 2.24. The monoisotopic (exact) mass is 229 g/mol. The zero-order chi connectivity index (χ0) is 12.2. The molecule has 1 heterocycles. The summed E-state index contributed by atoms with van der Waals surface area (Å²) in [6.07, 6.45) is 3.25. The lowest BCUT2D eigenvalue weighted by Crippen LogP contribution is -2.37. The average Bonchev–Trinajstić information content (AvgIpc) is 2.27. The normalized spacial score (nSPS) is 18.8. The summed E-state index contributed by atoms with van der Waals surface area (Å²) in [6.45, 7) is 5.69. The zero-order valence-electron chi connectivity index (χ0n) is 10.3. The van der Waals surface area contributed by atoms with Gasteiger partial charge in [-0.25, -0.2) is 4.79 Å². The van der Waals surface area contributed by atoms with Crippen LogP contribution in [0, 0.1) is 11.3 Å². The summed E-state index contributed by atoms with van der Waals surface area (Å²) in [7, 11) is 0. The number of carbonyl (C=O) groups is 1. The van der Waals surface area contributed by atoms with Crippen LogP contribution in [-0.4, -0.2) is 40.9 Å². The summed E-state index contributed by atoms with van der Waals surface area (Å²) in [5.74, 6) is 0.626. The van der Waals surface area contributed by atoms with E-state index in [0.29, 0.717) is 19.0 Å². The summed E-state index contributed by atoms with van der Waals surface area (Å²) < 4.78 is 0. The first-order chi connectivity index (χ1) is 7.44. The molecular formula is C12H23NO3. The van der Waals surface area contributed by atoms with Gasteiger partial charge in [0.25, 0.3) is 0 Å². The fraction of sp³-hybridized carbons (Fsp3) is 0.917. The second-order valence-corrected chi connectivity index (χ2v) is 5.57. The van der Waals surface area contributed by atoms with Crippen molar-refractivity contribution in [3.8, 4) is 0 Å². The van der Waals surface area contributed by atoms with Crippen molar-refractivity contribution in [3.63, 3.8) is 0 Å². The van der Waals surface area contributed by atoms with Gasteiger partial charge in [0.15, 0.2) is 0 Å². The Morgan fingerprint density at radius 3 is 2.38 bits per heavy atom. The molecule has 4 nitrogen and oxygen atoms in total. The molecule has 0 spiro atoms. The second-order valence-electron chi connectivity index (χ2n) is 5.57. The third kappa shape index (κ3) is 4.00. The van der Waals surface area contributed by atoms with E-state index in [9.17, 15) is 4.79 Å². The van der Waals surface area contributed by atoms with Crippen molar-refractivity contribution in [1.82, 2.24) is 4.90 Å². The third-order valence-electron chi connectivity index (χ3n) is 3.54. The maximum atomic E-state index is 10.7. The lowest BCUT2D eigenvalue weighted by molar-refractivity contribution is 0.111. The Bertz CT molecular complexity index is 232. The topological polar surface area (TPSA) is 60.8 Å². The van der Waals surface area contributed by atoms with Crippen LogP contribution in [0.3, 0.4) is 0 Å². The molecule has 1 aliphatic rings. The Balaban J connectivity index is 2.25. The first kappa shape index (κ1) is 13.3. The van der Waals surface area contributed by atoms with Crippen LogP contribution in [0.2, 0.25) is 0 Å². The first-order valence-electron chi connectivity index (χ1n) is 6.03. The van der Waals surface area contributed by atoms with Gasteiger partial charge in [-0.05, 0) is 37.0 Å². The van der Waals surface area contributed by atoms with Crippen molar-refractivity contribution in [2.24, 2.45) is 11.3 Å². The molecule has 1 saturated heterocycles. The largest absolute Gasteiger partial charge is 0.465 e. The highest BCUT2D eigenvalue weighted by molar-refractivity contribution is 5.64. The van der Waals surface area contributed by atoms with Crippen LogP contribution >= 0.6 is 0 Å². The van der Waals surface area contributed by atoms with Crippen molar-refractivity contribution in [2.75, 3.05) is 19.7 Å². The summed E-state index contributed by atoms with van der Waals surface area (Å²) in [6, 6.07) is 0. The van der Waals surface area contributed by atoms with Gasteiger partial charge in [-0.15, -0.1) is 0 Å². The van der Waals surface area contributed by atoms with Crippen LogP contribution in [-0.2, 0) is 0 Å². The predicted octanol–water partition coefficient (Wildman–Crippen LogP) is 2.18. The molecule has 1 fully saturated rings. The van der Waals surface area contributed by atoms with Gasteiger partial charge in [-0.2, -0.15) is 0 Å². The van der Waals surface area contributed by atoms with E-state index in [2.05, 4.69) is 13.8 Å². The minimum atomic E-state index is -0.797. The molecule has 0 radical (unpaired) electrons. The van der Waals surface area contributed by atoms with Crippen LogP contribution in [0.5, 0.6) is 0 Å². The van der Waals surface area contributed by atoms with Crippen LogP contribution in [0.1, 0.15) is 39.5 Å². The molecule has 4 heteroatoms. The number of piperidine rings is 1. The molecular weight excluding hydrogens is 206 g/mol. The smallest absolute Gasteiger partial charge is 0.407 e. The van der Waals surface area contributed by atoms with Crippen LogP contribution in [0.15, 0.2) is 0 Å². The van der Waals surface area contributed by atoms with E-state index in [1.165, 1.54) is 4.90 Å². The summed E-state index contributed by atoms with van der Waals surface area (Å²) in [5.41, 5.74) is 0.00390. The van der Waals surface area contributed by atoms with E-state index >= 15 is 0 Å². The molecule has 1 amide bonds. The number of rotatable bonds is 4. The van der Waals surface area contributed by atoms with Crippen molar-refractivity contribution >= 4 is 6.09 Å². The van der Waals surface area contributed by atoms with Gasteiger partial charge in [0.1, 0.15) is 0 Å². The lowest BCUT2D eigenvalue weighted by Gasteiger charge is -2.32. The number of hydrogen-bond acceptors (Lipinski definition) is 2. The molecule has 0 bridgehead atoms. The predicted molar refractivity (Wildman–Crippen MR) is 62.4 cm³/mol. The summed E-state index contributed by atoms with van der Waals surface area (Å²) in [5, 5.41) is 18.0. The van der Waals surface area contributed by atoms with Crippen LogP contribution in [0.25, 0.3) is 0 Å². The number of aliphatic hydroxyl groups is 1. The van der Waals surface area contributed by atoms with E-state index in [1.54, 1.807) is 0 Å². The molecule has 0 saturated carbocycles. The molecule has 0 aliphatic carbocycles. The van der Waals surface area contributed by atoms with Gasteiger partial charge in [0, 0.05) is 19.7 Å². The standard InChI is InChI=1S/C12H23NO3/c1-12(2,9-14)6-3-10-4-7-13(8-5-10)11(15)16/h10,14H,3-9H2,1-2H3,(H,15,16). The van der Waals surface area contributed by atoms with Crippen molar-refractivity contribution < 1.29 is 15.0 Å². The van der Waals surface area contributed by atoms with Gasteiger partial charge >= 0.3 is 6.09 Å². The molecule has 16 heavy (non-hydrogen) atoms. The number of carboxylic acid groups (broad SMARTS) is 1. The van der Waals surface area contributed by atoms with Gasteiger partial charge in [-0.1, -0.05) is 13.8 Å². The van der Waals surface area contributed by atoms with E-state index in [0.717, 1.165) is 25.7 Å². The van der Waals surface area contributed by atoms with E-state index in [-0.39, 0.29) is 12.0 Å². The lowest BCUT2D eigenvalue weighted by atomic mass is 9.82.